The number of rotatable bonds is 6. The highest BCUT2D eigenvalue weighted by molar-refractivity contribution is 4.71. The minimum atomic E-state index is -4.64. The Morgan fingerprint density at radius 2 is 1.61 bits per heavy atom. The summed E-state index contributed by atoms with van der Waals surface area (Å²) in [6, 6.07) is 0. The molecule has 0 aromatic carbocycles. The topological polar surface area (TPSA) is 52.9 Å². The summed E-state index contributed by atoms with van der Waals surface area (Å²) in [5.41, 5.74) is -0.412. The van der Waals surface area contributed by atoms with E-state index < -0.39 is 30.5 Å². The summed E-state index contributed by atoms with van der Waals surface area (Å²) in [5.74, 6) is 0. The zero-order valence-corrected chi connectivity index (χ0v) is 11.2. The van der Waals surface area contributed by atoms with Gasteiger partial charge in [0.2, 0.25) is 0 Å². The van der Waals surface area contributed by atoms with Crippen molar-refractivity contribution in [3.63, 3.8) is 0 Å². The number of halogens is 3. The fourth-order valence-electron chi connectivity index (χ4n) is 1.23. The molecule has 0 bridgehead atoms. The fraction of sp³-hybridized carbons (Fsp3) is 1.00. The van der Waals surface area contributed by atoms with E-state index in [2.05, 4.69) is 0 Å². The first-order valence-electron chi connectivity index (χ1n) is 5.67. The molecule has 0 aliphatic heterocycles. The molecule has 2 unspecified atom stereocenters. The lowest BCUT2D eigenvalue weighted by atomic mass is 10.2. The van der Waals surface area contributed by atoms with Gasteiger partial charge in [-0.05, 0) is 27.8 Å². The lowest BCUT2D eigenvalue weighted by Gasteiger charge is -2.26. The Labute approximate surface area is 105 Å². The molecule has 0 amide bonds. The average molecular weight is 273 g/mol. The van der Waals surface area contributed by atoms with Crippen molar-refractivity contribution >= 4 is 0 Å². The Balaban J connectivity index is 3.98. The van der Waals surface area contributed by atoms with Crippen molar-refractivity contribution < 1.29 is 28.1 Å². The van der Waals surface area contributed by atoms with Crippen molar-refractivity contribution in [3.8, 4) is 0 Å². The van der Waals surface area contributed by atoms with Gasteiger partial charge in [0.25, 0.3) is 0 Å². The maximum absolute atomic E-state index is 12.1. The molecule has 0 aromatic rings. The first-order chi connectivity index (χ1) is 7.92. The van der Waals surface area contributed by atoms with Crippen LogP contribution in [0, 0.1) is 0 Å². The van der Waals surface area contributed by atoms with Crippen molar-refractivity contribution in [3.05, 3.63) is 0 Å². The first kappa shape index (κ1) is 17.6. The van der Waals surface area contributed by atoms with E-state index in [4.69, 9.17) is 9.84 Å². The van der Waals surface area contributed by atoms with Crippen LogP contribution in [-0.4, -0.2) is 65.8 Å². The van der Waals surface area contributed by atoms with E-state index in [9.17, 15) is 18.3 Å². The SMILES string of the molecule is CN(CC(O)COC(C)(C)C)CC(O)C(F)(F)F. The second-order valence-corrected chi connectivity index (χ2v) is 5.36. The Morgan fingerprint density at radius 3 is 2.00 bits per heavy atom. The molecule has 18 heavy (non-hydrogen) atoms. The Kier molecular flexibility index (Phi) is 6.56. The number of alkyl halides is 3. The van der Waals surface area contributed by atoms with Gasteiger partial charge >= 0.3 is 6.18 Å². The van der Waals surface area contributed by atoms with E-state index in [0.717, 1.165) is 0 Å². The minimum Gasteiger partial charge on any atom is -0.389 e. The van der Waals surface area contributed by atoms with Crippen LogP contribution in [-0.2, 0) is 4.74 Å². The highest BCUT2D eigenvalue weighted by Crippen LogP contribution is 2.20. The third-order valence-electron chi connectivity index (χ3n) is 2.09. The predicted molar refractivity (Wildman–Crippen MR) is 61.3 cm³/mol. The summed E-state index contributed by atoms with van der Waals surface area (Å²) in [6.45, 7) is 4.92. The predicted octanol–water partition coefficient (Wildman–Crippen LogP) is 1.02. The second kappa shape index (κ2) is 6.70. The normalized spacial score (nSPS) is 17.0. The van der Waals surface area contributed by atoms with Gasteiger partial charge < -0.3 is 19.8 Å². The maximum atomic E-state index is 12.1. The smallest absolute Gasteiger partial charge is 0.389 e. The van der Waals surface area contributed by atoms with Crippen LogP contribution >= 0.6 is 0 Å². The highest BCUT2D eigenvalue weighted by Gasteiger charge is 2.38. The van der Waals surface area contributed by atoms with Crippen LogP contribution in [0.1, 0.15) is 20.8 Å². The van der Waals surface area contributed by atoms with Crippen LogP contribution in [0.25, 0.3) is 0 Å². The van der Waals surface area contributed by atoms with E-state index in [1.165, 1.54) is 11.9 Å². The van der Waals surface area contributed by atoms with E-state index in [1.807, 2.05) is 20.8 Å². The molecule has 110 valence electrons. The summed E-state index contributed by atoms with van der Waals surface area (Å²) in [5, 5.41) is 18.4. The molecule has 0 rings (SSSR count). The standard InChI is InChI=1S/C11H22F3NO3/c1-10(2,3)18-7-8(16)5-15(4)6-9(17)11(12,13)14/h8-9,16-17H,5-7H2,1-4H3. The van der Waals surface area contributed by atoms with Crippen LogP contribution in [0.5, 0.6) is 0 Å². The zero-order chi connectivity index (χ0) is 14.6. The molecule has 7 heteroatoms. The summed E-state index contributed by atoms with van der Waals surface area (Å²) >= 11 is 0. The largest absolute Gasteiger partial charge is 0.415 e. The molecule has 0 radical (unpaired) electrons. The van der Waals surface area contributed by atoms with Crippen LogP contribution in [0.3, 0.4) is 0 Å². The maximum Gasteiger partial charge on any atom is 0.415 e. The van der Waals surface area contributed by atoms with Crippen LogP contribution in [0.4, 0.5) is 13.2 Å². The van der Waals surface area contributed by atoms with Gasteiger partial charge in [-0.2, -0.15) is 13.2 Å². The molecule has 0 fully saturated rings. The van der Waals surface area contributed by atoms with Crippen molar-refractivity contribution in [2.24, 2.45) is 0 Å². The van der Waals surface area contributed by atoms with Gasteiger partial charge in [0.15, 0.2) is 6.10 Å². The molecule has 0 saturated heterocycles. The van der Waals surface area contributed by atoms with Crippen LogP contribution in [0.2, 0.25) is 0 Å². The van der Waals surface area contributed by atoms with E-state index in [0.29, 0.717) is 0 Å². The third kappa shape index (κ3) is 8.68. The van der Waals surface area contributed by atoms with Gasteiger partial charge in [0, 0.05) is 13.1 Å². The zero-order valence-electron chi connectivity index (χ0n) is 11.2. The van der Waals surface area contributed by atoms with Crippen LogP contribution in [0.15, 0.2) is 0 Å². The molecule has 0 heterocycles. The average Bonchev–Trinajstić information content (AvgIpc) is 2.11. The van der Waals surface area contributed by atoms with E-state index >= 15 is 0 Å². The molecule has 0 aromatic heterocycles. The highest BCUT2D eigenvalue weighted by atomic mass is 19.4. The van der Waals surface area contributed by atoms with Crippen molar-refractivity contribution in [2.45, 2.75) is 44.8 Å². The summed E-state index contributed by atoms with van der Waals surface area (Å²) < 4.78 is 41.6. The van der Waals surface area contributed by atoms with Crippen LogP contribution < -0.4 is 0 Å². The molecule has 0 aliphatic rings. The van der Waals surface area contributed by atoms with Crippen molar-refractivity contribution in [1.29, 1.82) is 0 Å². The number of hydrogen-bond acceptors (Lipinski definition) is 4. The first-order valence-corrected chi connectivity index (χ1v) is 5.67. The molecule has 2 atom stereocenters. The number of hydrogen-bond donors (Lipinski definition) is 2. The van der Waals surface area contributed by atoms with E-state index in [1.54, 1.807) is 0 Å². The number of aliphatic hydroxyl groups is 2. The number of ether oxygens (including phenoxy) is 1. The molecular formula is C11H22F3NO3. The molecular weight excluding hydrogens is 251 g/mol. The molecule has 0 saturated carbocycles. The van der Waals surface area contributed by atoms with Gasteiger partial charge in [-0.15, -0.1) is 0 Å². The van der Waals surface area contributed by atoms with Gasteiger partial charge in [-0.25, -0.2) is 0 Å². The second-order valence-electron chi connectivity index (χ2n) is 5.36. The molecule has 2 N–H and O–H groups in total. The number of aliphatic hydroxyl groups excluding tert-OH is 2. The van der Waals surface area contributed by atoms with Crippen molar-refractivity contribution in [1.82, 2.24) is 4.90 Å². The quantitative estimate of drug-likeness (QED) is 0.758. The fourth-order valence-corrected chi connectivity index (χ4v) is 1.23. The van der Waals surface area contributed by atoms with E-state index in [-0.39, 0.29) is 13.2 Å². The van der Waals surface area contributed by atoms with Gasteiger partial charge in [0.1, 0.15) is 0 Å². The Bertz CT molecular complexity index is 241. The lowest BCUT2D eigenvalue weighted by molar-refractivity contribution is -0.208. The van der Waals surface area contributed by atoms with Crippen molar-refractivity contribution in [2.75, 3.05) is 26.7 Å². The molecule has 0 spiro atoms. The monoisotopic (exact) mass is 273 g/mol. The molecule has 4 nitrogen and oxygen atoms in total. The van der Waals surface area contributed by atoms with Gasteiger partial charge in [0.05, 0.1) is 18.3 Å². The van der Waals surface area contributed by atoms with Gasteiger partial charge in [-0.1, -0.05) is 0 Å². The molecule has 0 aliphatic carbocycles. The van der Waals surface area contributed by atoms with Gasteiger partial charge in [-0.3, -0.25) is 0 Å². The minimum absolute atomic E-state index is 0.00319. The number of nitrogens with zero attached hydrogens (tertiary/aromatic N) is 1. The summed E-state index contributed by atoms with van der Waals surface area (Å²) in [7, 11) is 1.40. The Hall–Kier alpha value is -0.370. The third-order valence-corrected chi connectivity index (χ3v) is 2.09. The summed E-state index contributed by atoms with van der Waals surface area (Å²) in [4.78, 5) is 1.22. The summed E-state index contributed by atoms with van der Waals surface area (Å²) in [6.07, 6.45) is -7.94. The number of likely N-dealkylation sites (N-methyl/N-ethyl adjacent to an activating group) is 1. The lowest BCUT2D eigenvalue weighted by Crippen LogP contribution is -2.43. The Morgan fingerprint density at radius 1 is 1.11 bits per heavy atom.